The zero-order valence-electron chi connectivity index (χ0n) is 15.4. The second kappa shape index (κ2) is 9.16. The summed E-state index contributed by atoms with van der Waals surface area (Å²) in [6.45, 7) is 9.50. The highest BCUT2D eigenvalue weighted by atomic mass is 32.2. The summed E-state index contributed by atoms with van der Waals surface area (Å²) in [5.41, 5.74) is 0.517. The van der Waals surface area contributed by atoms with Gasteiger partial charge < -0.3 is 9.88 Å². The van der Waals surface area contributed by atoms with E-state index in [9.17, 15) is 13.2 Å². The molecule has 1 aromatic carbocycles. The molecule has 1 atom stereocenters. The highest BCUT2D eigenvalue weighted by Gasteiger charge is 2.19. The molecule has 0 aliphatic rings. The molecule has 1 amide bonds. The Morgan fingerprint density at radius 3 is 2.56 bits per heavy atom. The van der Waals surface area contributed by atoms with E-state index in [0.29, 0.717) is 17.4 Å². The summed E-state index contributed by atoms with van der Waals surface area (Å²) in [6, 6.07) is 5.84. The SMILES string of the molecule is C=CCn1cnnc1S[C@H](C)C(=O)Nc1ccc(S(=O)(=O)NC(C)C)cc1. The van der Waals surface area contributed by atoms with Crippen LogP contribution in [0.15, 0.2) is 53.3 Å². The number of carbonyl (C=O) groups excluding carboxylic acids is 1. The predicted octanol–water partition coefficient (Wildman–Crippen LogP) is 2.27. The highest BCUT2D eigenvalue weighted by molar-refractivity contribution is 8.00. The van der Waals surface area contributed by atoms with Crippen molar-refractivity contribution in [3.05, 3.63) is 43.2 Å². The summed E-state index contributed by atoms with van der Waals surface area (Å²) in [5.74, 6) is -0.218. The average Bonchev–Trinajstić information content (AvgIpc) is 3.01. The lowest BCUT2D eigenvalue weighted by atomic mass is 10.3. The third-order valence-electron chi connectivity index (χ3n) is 3.38. The molecular formula is C17H23N5O3S2. The zero-order valence-corrected chi connectivity index (χ0v) is 17.0. The number of allylic oxidation sites excluding steroid dienone is 1. The van der Waals surface area contributed by atoms with Crippen LogP contribution < -0.4 is 10.0 Å². The van der Waals surface area contributed by atoms with Crippen molar-refractivity contribution >= 4 is 33.4 Å². The number of nitrogens with one attached hydrogen (secondary N) is 2. The van der Waals surface area contributed by atoms with Crippen molar-refractivity contribution in [3.8, 4) is 0 Å². The number of rotatable bonds is 9. The van der Waals surface area contributed by atoms with Crippen LogP contribution in [-0.2, 0) is 21.4 Å². The summed E-state index contributed by atoms with van der Waals surface area (Å²) in [6.07, 6.45) is 3.31. The van der Waals surface area contributed by atoms with Crippen molar-refractivity contribution in [2.75, 3.05) is 5.32 Å². The van der Waals surface area contributed by atoms with Gasteiger partial charge >= 0.3 is 0 Å². The van der Waals surface area contributed by atoms with Crippen molar-refractivity contribution in [3.63, 3.8) is 0 Å². The number of hydrogen-bond acceptors (Lipinski definition) is 6. The topological polar surface area (TPSA) is 106 Å². The number of benzene rings is 1. The lowest BCUT2D eigenvalue weighted by molar-refractivity contribution is -0.115. The molecule has 2 aromatic rings. The third-order valence-corrected chi connectivity index (χ3v) is 6.15. The number of thioether (sulfide) groups is 1. The molecule has 0 aliphatic carbocycles. The van der Waals surface area contributed by atoms with Gasteiger partial charge in [0.25, 0.3) is 0 Å². The zero-order chi connectivity index (χ0) is 20.0. The van der Waals surface area contributed by atoms with Crippen LogP contribution in [0.3, 0.4) is 0 Å². The molecule has 0 spiro atoms. The number of nitrogens with zero attached hydrogens (tertiary/aromatic N) is 3. The Morgan fingerprint density at radius 1 is 1.30 bits per heavy atom. The van der Waals surface area contributed by atoms with E-state index >= 15 is 0 Å². The van der Waals surface area contributed by atoms with Crippen LogP contribution in [0.4, 0.5) is 5.69 Å². The molecule has 0 saturated heterocycles. The van der Waals surface area contributed by atoms with E-state index in [2.05, 4.69) is 26.8 Å². The molecule has 0 bridgehead atoms. The van der Waals surface area contributed by atoms with Crippen molar-refractivity contribution < 1.29 is 13.2 Å². The molecule has 2 N–H and O–H groups in total. The number of anilines is 1. The quantitative estimate of drug-likeness (QED) is 0.486. The molecule has 1 aromatic heterocycles. The Balaban J connectivity index is 2.01. The molecule has 0 saturated carbocycles. The Kier molecular flexibility index (Phi) is 7.17. The summed E-state index contributed by atoms with van der Waals surface area (Å²) in [7, 11) is -3.56. The lowest BCUT2D eigenvalue weighted by Gasteiger charge is -2.13. The van der Waals surface area contributed by atoms with Gasteiger partial charge in [0.1, 0.15) is 6.33 Å². The van der Waals surface area contributed by atoms with Crippen LogP contribution >= 0.6 is 11.8 Å². The molecule has 0 fully saturated rings. The van der Waals surface area contributed by atoms with Gasteiger partial charge in [0.05, 0.1) is 10.1 Å². The Bertz CT molecular complexity index is 892. The predicted molar refractivity (Wildman–Crippen MR) is 106 cm³/mol. The first-order valence-corrected chi connectivity index (χ1v) is 10.7. The van der Waals surface area contributed by atoms with E-state index in [1.165, 1.54) is 23.9 Å². The number of carbonyl (C=O) groups is 1. The normalized spacial score (nSPS) is 12.7. The van der Waals surface area contributed by atoms with Crippen LogP contribution in [-0.4, -0.2) is 40.4 Å². The van der Waals surface area contributed by atoms with Gasteiger partial charge in [-0.05, 0) is 45.0 Å². The molecule has 8 nitrogen and oxygen atoms in total. The van der Waals surface area contributed by atoms with E-state index in [1.807, 2.05) is 0 Å². The highest BCUT2D eigenvalue weighted by Crippen LogP contribution is 2.22. The number of amides is 1. The smallest absolute Gasteiger partial charge is 0.240 e. The fourth-order valence-electron chi connectivity index (χ4n) is 2.15. The molecule has 146 valence electrons. The van der Waals surface area contributed by atoms with Gasteiger partial charge in [-0.1, -0.05) is 17.8 Å². The minimum atomic E-state index is -3.56. The second-order valence-electron chi connectivity index (χ2n) is 6.10. The first-order chi connectivity index (χ1) is 12.7. The maximum Gasteiger partial charge on any atom is 0.240 e. The molecule has 1 heterocycles. The van der Waals surface area contributed by atoms with Gasteiger partial charge in [-0.25, -0.2) is 13.1 Å². The van der Waals surface area contributed by atoms with Crippen LogP contribution in [0.25, 0.3) is 0 Å². The van der Waals surface area contributed by atoms with Gasteiger partial charge in [0, 0.05) is 18.3 Å². The van der Waals surface area contributed by atoms with Gasteiger partial charge in [0.15, 0.2) is 5.16 Å². The van der Waals surface area contributed by atoms with Crippen molar-refractivity contribution in [2.45, 2.75) is 48.7 Å². The third kappa shape index (κ3) is 5.91. The maximum absolute atomic E-state index is 12.4. The summed E-state index contributed by atoms with van der Waals surface area (Å²) < 4.78 is 28.6. The van der Waals surface area contributed by atoms with E-state index in [-0.39, 0.29) is 16.8 Å². The van der Waals surface area contributed by atoms with Gasteiger partial charge in [-0.3, -0.25) is 4.79 Å². The number of hydrogen-bond donors (Lipinski definition) is 2. The fraction of sp³-hybridized carbons (Fsp3) is 0.353. The van der Waals surface area contributed by atoms with E-state index in [1.54, 1.807) is 49.9 Å². The largest absolute Gasteiger partial charge is 0.325 e. The Labute approximate surface area is 163 Å². The van der Waals surface area contributed by atoms with E-state index < -0.39 is 15.3 Å². The van der Waals surface area contributed by atoms with E-state index in [4.69, 9.17) is 0 Å². The van der Waals surface area contributed by atoms with Crippen LogP contribution in [0.5, 0.6) is 0 Å². The molecule has 10 heteroatoms. The first-order valence-electron chi connectivity index (χ1n) is 8.31. The van der Waals surface area contributed by atoms with Gasteiger partial charge in [-0.2, -0.15) is 0 Å². The summed E-state index contributed by atoms with van der Waals surface area (Å²) in [4.78, 5) is 12.5. The minimum absolute atomic E-state index is 0.147. The Morgan fingerprint density at radius 2 is 1.96 bits per heavy atom. The lowest BCUT2D eigenvalue weighted by Crippen LogP contribution is -2.30. The van der Waals surface area contributed by atoms with Crippen molar-refractivity contribution in [2.24, 2.45) is 0 Å². The van der Waals surface area contributed by atoms with Crippen LogP contribution in [0.2, 0.25) is 0 Å². The van der Waals surface area contributed by atoms with Crippen molar-refractivity contribution in [1.82, 2.24) is 19.5 Å². The average molecular weight is 410 g/mol. The molecule has 2 rings (SSSR count). The van der Waals surface area contributed by atoms with Crippen molar-refractivity contribution in [1.29, 1.82) is 0 Å². The van der Waals surface area contributed by atoms with Gasteiger partial charge in [0.2, 0.25) is 15.9 Å². The number of aromatic nitrogens is 3. The maximum atomic E-state index is 12.4. The fourth-order valence-corrected chi connectivity index (χ4v) is 4.24. The minimum Gasteiger partial charge on any atom is -0.325 e. The molecule has 0 unspecified atom stereocenters. The number of sulfonamides is 1. The van der Waals surface area contributed by atoms with Crippen LogP contribution in [0, 0.1) is 0 Å². The van der Waals surface area contributed by atoms with Crippen LogP contribution in [0.1, 0.15) is 20.8 Å². The summed E-state index contributed by atoms with van der Waals surface area (Å²) in [5, 5.41) is 10.8. The monoisotopic (exact) mass is 409 g/mol. The molecule has 0 aliphatic heterocycles. The van der Waals surface area contributed by atoms with Gasteiger partial charge in [-0.15, -0.1) is 16.8 Å². The molecule has 0 radical (unpaired) electrons. The van der Waals surface area contributed by atoms with E-state index in [0.717, 1.165) is 0 Å². The standard InChI is InChI=1S/C17H23N5O3S2/c1-5-10-22-11-18-20-17(22)26-13(4)16(23)19-14-6-8-15(9-7-14)27(24,25)21-12(2)3/h5-9,11-13,21H,1,10H2,2-4H3,(H,19,23)/t13-/m1/s1. The molecule has 27 heavy (non-hydrogen) atoms. The first kappa shape index (κ1) is 21.1. The Hall–Kier alpha value is -2.17. The molecular weight excluding hydrogens is 386 g/mol. The second-order valence-corrected chi connectivity index (χ2v) is 9.13. The summed E-state index contributed by atoms with van der Waals surface area (Å²) >= 11 is 1.28.